The summed E-state index contributed by atoms with van der Waals surface area (Å²) < 4.78 is 12.5. The lowest BCUT2D eigenvalue weighted by atomic mass is 10.1. The highest BCUT2D eigenvalue weighted by Gasteiger charge is 2.21. The Morgan fingerprint density at radius 1 is 1.15 bits per heavy atom. The fraction of sp³-hybridized carbons (Fsp3) is 0.292. The molecule has 0 bridgehead atoms. The van der Waals surface area contributed by atoms with Gasteiger partial charge in [-0.15, -0.1) is 0 Å². The van der Waals surface area contributed by atoms with Crippen molar-refractivity contribution < 1.29 is 14.3 Å². The minimum atomic E-state index is -1.21. The van der Waals surface area contributed by atoms with E-state index in [4.69, 9.17) is 20.8 Å². The molecular formula is C24H24ClN5O4. The largest absolute Gasteiger partial charge is 0.487 e. The standard InChI is InChI=1S/C24H24ClN5O4/c1-13-8-21(34-12-16-11-33-15(3)28-16)14(2)22(31)30(13)20-9-19(27-10-17(20)25)18-6-7-26-23(29-18)24(4,5)32/h6-11,32H,12H2,1-5H3. The number of hydrogen-bond acceptors (Lipinski definition) is 8. The van der Waals surface area contributed by atoms with Gasteiger partial charge in [-0.25, -0.2) is 15.0 Å². The summed E-state index contributed by atoms with van der Waals surface area (Å²) in [5, 5.41) is 10.6. The minimum absolute atomic E-state index is 0.179. The number of pyridine rings is 2. The van der Waals surface area contributed by atoms with Gasteiger partial charge in [-0.3, -0.25) is 14.3 Å². The van der Waals surface area contributed by atoms with Crippen molar-refractivity contribution >= 4 is 11.6 Å². The van der Waals surface area contributed by atoms with Gasteiger partial charge in [0.25, 0.3) is 5.56 Å². The van der Waals surface area contributed by atoms with Gasteiger partial charge in [0.05, 0.1) is 27.7 Å². The molecule has 0 amide bonds. The maximum absolute atomic E-state index is 13.3. The number of oxazole rings is 1. The van der Waals surface area contributed by atoms with Gasteiger partial charge in [-0.1, -0.05) is 11.6 Å². The Kier molecular flexibility index (Phi) is 6.24. The molecule has 4 rings (SSSR count). The smallest absolute Gasteiger partial charge is 0.261 e. The molecule has 0 aliphatic heterocycles. The summed E-state index contributed by atoms with van der Waals surface area (Å²) in [5.41, 5.74) is 1.64. The van der Waals surface area contributed by atoms with Crippen LogP contribution < -0.4 is 10.3 Å². The lowest BCUT2D eigenvalue weighted by Crippen LogP contribution is -2.24. The Labute approximate surface area is 201 Å². The fourth-order valence-electron chi connectivity index (χ4n) is 3.41. The van der Waals surface area contributed by atoms with Crippen LogP contribution >= 0.6 is 11.6 Å². The number of aromatic nitrogens is 5. The number of rotatable bonds is 6. The van der Waals surface area contributed by atoms with Crippen molar-refractivity contribution in [3.05, 3.63) is 80.9 Å². The monoisotopic (exact) mass is 481 g/mol. The molecule has 34 heavy (non-hydrogen) atoms. The van der Waals surface area contributed by atoms with Crippen LogP contribution in [0.5, 0.6) is 5.75 Å². The predicted molar refractivity (Wildman–Crippen MR) is 126 cm³/mol. The molecule has 0 saturated carbocycles. The van der Waals surface area contributed by atoms with E-state index in [0.29, 0.717) is 50.7 Å². The van der Waals surface area contributed by atoms with E-state index < -0.39 is 5.60 Å². The maximum atomic E-state index is 13.3. The van der Waals surface area contributed by atoms with Gasteiger partial charge >= 0.3 is 0 Å². The number of nitrogens with zero attached hydrogens (tertiary/aromatic N) is 5. The molecule has 9 nitrogen and oxygen atoms in total. The van der Waals surface area contributed by atoms with Gasteiger partial charge in [-0.2, -0.15) is 0 Å². The third kappa shape index (κ3) is 4.71. The SMILES string of the molecule is Cc1nc(COc2cc(C)n(-c3cc(-c4ccnc(C(C)(C)O)n4)ncc3Cl)c(=O)c2C)co1. The zero-order valence-corrected chi connectivity index (χ0v) is 20.2. The zero-order valence-electron chi connectivity index (χ0n) is 19.5. The molecule has 0 atom stereocenters. The van der Waals surface area contributed by atoms with Crippen LogP contribution in [0, 0.1) is 20.8 Å². The summed E-state index contributed by atoms with van der Waals surface area (Å²) in [5.74, 6) is 1.26. The predicted octanol–water partition coefficient (Wildman–Crippen LogP) is 4.06. The van der Waals surface area contributed by atoms with Crippen LogP contribution in [0.15, 0.2) is 46.1 Å². The van der Waals surface area contributed by atoms with Crippen LogP contribution in [0.3, 0.4) is 0 Å². The number of halogens is 1. The molecule has 0 aromatic carbocycles. The van der Waals surface area contributed by atoms with Crippen LogP contribution in [-0.2, 0) is 12.2 Å². The second-order valence-electron chi connectivity index (χ2n) is 8.41. The second kappa shape index (κ2) is 9.00. The molecule has 0 fully saturated rings. The van der Waals surface area contributed by atoms with Gasteiger partial charge in [0.2, 0.25) is 0 Å². The Hall–Kier alpha value is -3.56. The molecule has 4 aromatic rings. The summed E-state index contributed by atoms with van der Waals surface area (Å²) in [4.78, 5) is 30.4. The van der Waals surface area contributed by atoms with E-state index >= 15 is 0 Å². The first kappa shape index (κ1) is 23.6. The van der Waals surface area contributed by atoms with E-state index in [2.05, 4.69) is 19.9 Å². The van der Waals surface area contributed by atoms with Crippen molar-refractivity contribution in [2.24, 2.45) is 0 Å². The van der Waals surface area contributed by atoms with Crippen molar-refractivity contribution in [3.8, 4) is 22.8 Å². The Bertz CT molecular complexity index is 1420. The summed E-state index contributed by atoms with van der Waals surface area (Å²) in [6.07, 6.45) is 4.54. The lowest BCUT2D eigenvalue weighted by Gasteiger charge is -2.17. The van der Waals surface area contributed by atoms with Gasteiger partial charge in [0.1, 0.15) is 29.9 Å². The van der Waals surface area contributed by atoms with E-state index in [1.807, 2.05) is 0 Å². The van der Waals surface area contributed by atoms with Crippen molar-refractivity contribution in [1.82, 2.24) is 24.5 Å². The van der Waals surface area contributed by atoms with Crippen molar-refractivity contribution in [2.75, 3.05) is 0 Å². The highest BCUT2D eigenvalue weighted by molar-refractivity contribution is 6.32. The van der Waals surface area contributed by atoms with E-state index in [0.717, 1.165) is 0 Å². The Morgan fingerprint density at radius 2 is 1.91 bits per heavy atom. The summed E-state index contributed by atoms with van der Waals surface area (Å²) in [6.45, 7) is 8.62. The molecule has 1 N–H and O–H groups in total. The van der Waals surface area contributed by atoms with Gasteiger partial charge in [-0.05, 0) is 39.8 Å². The molecule has 10 heteroatoms. The van der Waals surface area contributed by atoms with Crippen molar-refractivity contribution in [2.45, 2.75) is 46.8 Å². The molecule has 0 spiro atoms. The maximum Gasteiger partial charge on any atom is 0.261 e. The van der Waals surface area contributed by atoms with Crippen molar-refractivity contribution in [1.29, 1.82) is 0 Å². The van der Waals surface area contributed by atoms with E-state index in [-0.39, 0.29) is 18.0 Å². The van der Waals surface area contributed by atoms with Crippen molar-refractivity contribution in [3.63, 3.8) is 0 Å². The van der Waals surface area contributed by atoms with Gasteiger partial charge in [0, 0.05) is 31.1 Å². The lowest BCUT2D eigenvalue weighted by molar-refractivity contribution is 0.0688. The Morgan fingerprint density at radius 3 is 2.59 bits per heavy atom. The third-order valence-corrected chi connectivity index (χ3v) is 5.46. The van der Waals surface area contributed by atoms with Crippen LogP contribution in [-0.4, -0.2) is 29.6 Å². The van der Waals surface area contributed by atoms with E-state index in [1.54, 1.807) is 59.0 Å². The van der Waals surface area contributed by atoms with Gasteiger partial charge in [0.15, 0.2) is 11.7 Å². The first-order valence-electron chi connectivity index (χ1n) is 10.5. The second-order valence-corrected chi connectivity index (χ2v) is 8.81. The number of ether oxygens (including phenoxy) is 1. The minimum Gasteiger partial charge on any atom is -0.487 e. The number of aliphatic hydroxyl groups is 1. The number of hydrogen-bond donors (Lipinski definition) is 1. The van der Waals surface area contributed by atoms with Crippen LogP contribution in [0.4, 0.5) is 0 Å². The van der Waals surface area contributed by atoms with E-state index in [1.165, 1.54) is 17.0 Å². The fourth-order valence-corrected chi connectivity index (χ4v) is 3.59. The molecule has 4 heterocycles. The zero-order chi connectivity index (χ0) is 24.6. The first-order valence-corrected chi connectivity index (χ1v) is 10.9. The molecule has 0 radical (unpaired) electrons. The molecule has 0 aliphatic rings. The molecule has 0 aliphatic carbocycles. The molecular weight excluding hydrogens is 458 g/mol. The van der Waals surface area contributed by atoms with Crippen LogP contribution in [0.2, 0.25) is 5.02 Å². The summed E-state index contributed by atoms with van der Waals surface area (Å²) in [7, 11) is 0. The average Bonchev–Trinajstić information content (AvgIpc) is 3.21. The highest BCUT2D eigenvalue weighted by Crippen LogP contribution is 2.27. The quantitative estimate of drug-likeness (QED) is 0.438. The third-order valence-electron chi connectivity index (χ3n) is 5.17. The molecule has 4 aromatic heterocycles. The summed E-state index contributed by atoms with van der Waals surface area (Å²) >= 11 is 6.46. The average molecular weight is 482 g/mol. The van der Waals surface area contributed by atoms with Crippen LogP contribution in [0.1, 0.15) is 42.5 Å². The highest BCUT2D eigenvalue weighted by atomic mass is 35.5. The molecule has 176 valence electrons. The summed E-state index contributed by atoms with van der Waals surface area (Å²) in [6, 6.07) is 5.14. The van der Waals surface area contributed by atoms with E-state index in [9.17, 15) is 9.90 Å². The van der Waals surface area contributed by atoms with Gasteiger partial charge < -0.3 is 14.3 Å². The Balaban J connectivity index is 1.73. The normalized spacial score (nSPS) is 11.6. The van der Waals surface area contributed by atoms with Crippen LogP contribution in [0.25, 0.3) is 17.1 Å². The number of aryl methyl sites for hydroxylation is 2. The molecule has 0 saturated heterocycles. The first-order chi connectivity index (χ1) is 16.0. The topological polar surface area (TPSA) is 116 Å². The molecule has 0 unspecified atom stereocenters.